The summed E-state index contributed by atoms with van der Waals surface area (Å²) in [5.74, 6) is 0.0717. The Hall–Kier alpha value is -3.24. The number of rotatable bonds is 2. The maximum absolute atomic E-state index is 12.8. The largest absolute Gasteiger partial charge is 0.378 e. The van der Waals surface area contributed by atoms with E-state index in [0.717, 1.165) is 38.4 Å². The zero-order valence-corrected chi connectivity index (χ0v) is 15.5. The second kappa shape index (κ2) is 7.06. The fraction of sp³-hybridized carbons (Fsp3) is 0.167. The van der Waals surface area contributed by atoms with E-state index < -0.39 is 0 Å². The molecule has 28 heavy (non-hydrogen) atoms. The van der Waals surface area contributed by atoms with E-state index >= 15 is 0 Å². The summed E-state index contributed by atoms with van der Waals surface area (Å²) in [5, 5.41) is 3.31. The first-order chi connectivity index (χ1) is 13.8. The summed E-state index contributed by atoms with van der Waals surface area (Å²) < 4.78 is 5.36. The molecular weight excluding hydrogens is 348 g/mol. The first-order valence-electron chi connectivity index (χ1n) is 9.55. The minimum absolute atomic E-state index is 0.0717. The van der Waals surface area contributed by atoms with Gasteiger partial charge >= 0.3 is 0 Å². The highest BCUT2D eigenvalue weighted by atomic mass is 16.5. The van der Waals surface area contributed by atoms with Crippen molar-refractivity contribution in [1.29, 1.82) is 0 Å². The Kier molecular flexibility index (Phi) is 4.26. The monoisotopic (exact) mass is 368 g/mol. The molecule has 0 bridgehead atoms. The van der Waals surface area contributed by atoms with Crippen LogP contribution in [0.1, 0.15) is 10.4 Å². The molecule has 1 aromatic heterocycles. The van der Waals surface area contributed by atoms with Gasteiger partial charge in [-0.2, -0.15) is 0 Å². The zero-order chi connectivity index (χ0) is 18.9. The number of ether oxygens (including phenoxy) is 1. The number of carbonyl (C=O) groups is 1. The predicted octanol–water partition coefficient (Wildman–Crippen LogP) is 4.53. The topological polar surface area (TPSA) is 42.4 Å². The molecule has 1 fully saturated rings. The molecule has 4 aromatic rings. The van der Waals surface area contributed by atoms with E-state index in [9.17, 15) is 4.79 Å². The fourth-order valence-corrected chi connectivity index (χ4v) is 3.92. The van der Waals surface area contributed by atoms with Crippen LogP contribution in [0.25, 0.3) is 32.8 Å². The number of aromatic nitrogens is 1. The molecule has 0 atom stereocenters. The number of hydrogen-bond donors (Lipinski definition) is 0. The second-order valence-corrected chi connectivity index (χ2v) is 7.03. The normalized spacial score (nSPS) is 14.5. The van der Waals surface area contributed by atoms with Gasteiger partial charge < -0.3 is 9.64 Å². The van der Waals surface area contributed by atoms with Gasteiger partial charge in [-0.05, 0) is 34.5 Å². The Morgan fingerprint density at radius 1 is 0.857 bits per heavy atom. The Balaban J connectivity index is 1.61. The van der Waals surface area contributed by atoms with Crippen molar-refractivity contribution in [2.45, 2.75) is 0 Å². The van der Waals surface area contributed by atoms with Crippen molar-refractivity contribution in [3.63, 3.8) is 0 Å². The molecule has 3 aromatic carbocycles. The number of amides is 1. The molecule has 0 aliphatic carbocycles. The Morgan fingerprint density at radius 2 is 1.61 bits per heavy atom. The smallest absolute Gasteiger partial charge is 0.254 e. The average Bonchev–Trinajstić information content (AvgIpc) is 2.78. The Labute approximate surface area is 163 Å². The fourth-order valence-electron chi connectivity index (χ4n) is 3.92. The molecule has 1 amide bonds. The summed E-state index contributed by atoms with van der Waals surface area (Å²) in [4.78, 5) is 19.3. The number of hydrogen-bond acceptors (Lipinski definition) is 3. The van der Waals surface area contributed by atoms with Crippen LogP contribution in [-0.4, -0.2) is 42.1 Å². The van der Waals surface area contributed by atoms with Crippen molar-refractivity contribution in [3.8, 4) is 11.1 Å². The summed E-state index contributed by atoms with van der Waals surface area (Å²) in [6.07, 6.45) is 1.83. The highest BCUT2D eigenvalue weighted by Crippen LogP contribution is 2.33. The van der Waals surface area contributed by atoms with Crippen molar-refractivity contribution in [3.05, 3.63) is 78.5 Å². The van der Waals surface area contributed by atoms with Crippen LogP contribution in [0.3, 0.4) is 0 Å². The molecule has 1 aliphatic rings. The molecule has 4 heteroatoms. The molecule has 0 saturated carbocycles. The van der Waals surface area contributed by atoms with Crippen LogP contribution in [0.2, 0.25) is 0 Å². The van der Waals surface area contributed by atoms with Crippen LogP contribution in [0, 0.1) is 0 Å². The van der Waals surface area contributed by atoms with E-state index in [4.69, 9.17) is 4.74 Å². The van der Waals surface area contributed by atoms with Crippen molar-refractivity contribution >= 4 is 27.6 Å². The third-order valence-corrected chi connectivity index (χ3v) is 5.35. The number of fused-ring (bicyclic) bond motifs is 2. The second-order valence-electron chi connectivity index (χ2n) is 7.03. The van der Waals surface area contributed by atoms with E-state index in [1.807, 2.05) is 35.4 Å². The van der Waals surface area contributed by atoms with Gasteiger partial charge in [-0.25, -0.2) is 0 Å². The highest BCUT2D eigenvalue weighted by Gasteiger charge is 2.19. The summed E-state index contributed by atoms with van der Waals surface area (Å²) in [6, 6.07) is 22.5. The standard InChI is InChI=1S/C24H20N2O2/c27-24(26-12-14-28-15-13-26)19-9-10-20-18(16-19)5-2-7-21(20)22-8-1-4-17-6-3-11-25-23(17)22/h1-11,16H,12-15H2. The lowest BCUT2D eigenvalue weighted by Crippen LogP contribution is -2.40. The third-order valence-electron chi connectivity index (χ3n) is 5.35. The van der Waals surface area contributed by atoms with Crippen LogP contribution in [0.5, 0.6) is 0 Å². The van der Waals surface area contributed by atoms with Crippen LogP contribution < -0.4 is 0 Å². The third kappa shape index (κ3) is 2.92. The van der Waals surface area contributed by atoms with Gasteiger partial charge in [-0.3, -0.25) is 9.78 Å². The number of carbonyl (C=O) groups excluding carboxylic acids is 1. The van der Waals surface area contributed by atoms with E-state index in [-0.39, 0.29) is 5.91 Å². The number of pyridine rings is 1. The van der Waals surface area contributed by atoms with Gasteiger partial charge in [0.25, 0.3) is 5.91 Å². The maximum atomic E-state index is 12.8. The molecule has 0 N–H and O–H groups in total. The van der Waals surface area contributed by atoms with Gasteiger partial charge in [0.05, 0.1) is 18.7 Å². The summed E-state index contributed by atoms with van der Waals surface area (Å²) >= 11 is 0. The van der Waals surface area contributed by atoms with Gasteiger partial charge in [0.15, 0.2) is 0 Å². The zero-order valence-electron chi connectivity index (χ0n) is 15.5. The van der Waals surface area contributed by atoms with Crippen LogP contribution in [0.4, 0.5) is 0 Å². The lowest BCUT2D eigenvalue weighted by atomic mass is 9.95. The molecule has 2 heterocycles. The van der Waals surface area contributed by atoms with Gasteiger partial charge in [0, 0.05) is 35.8 Å². The summed E-state index contributed by atoms with van der Waals surface area (Å²) in [6.45, 7) is 2.52. The van der Waals surface area contributed by atoms with Crippen molar-refractivity contribution < 1.29 is 9.53 Å². The van der Waals surface area contributed by atoms with Gasteiger partial charge in [0.1, 0.15) is 0 Å². The molecule has 0 spiro atoms. The number of benzene rings is 3. The van der Waals surface area contributed by atoms with Crippen molar-refractivity contribution in [2.75, 3.05) is 26.3 Å². The van der Waals surface area contributed by atoms with E-state index in [1.165, 1.54) is 0 Å². The summed E-state index contributed by atoms with van der Waals surface area (Å²) in [7, 11) is 0. The minimum atomic E-state index is 0.0717. The first kappa shape index (κ1) is 16.9. The molecule has 5 rings (SSSR count). The molecule has 4 nitrogen and oxygen atoms in total. The quantitative estimate of drug-likeness (QED) is 0.522. The Bertz CT molecular complexity index is 1170. The van der Waals surface area contributed by atoms with Crippen molar-refractivity contribution in [2.24, 2.45) is 0 Å². The SMILES string of the molecule is O=C(c1ccc2c(-c3cccc4cccnc34)cccc2c1)N1CCOCC1. The number of para-hydroxylation sites is 1. The molecule has 1 aliphatic heterocycles. The lowest BCUT2D eigenvalue weighted by Gasteiger charge is -2.27. The molecule has 1 saturated heterocycles. The van der Waals surface area contributed by atoms with Gasteiger partial charge in [0.2, 0.25) is 0 Å². The first-order valence-corrected chi connectivity index (χ1v) is 9.55. The predicted molar refractivity (Wildman–Crippen MR) is 111 cm³/mol. The molecule has 138 valence electrons. The van der Waals surface area contributed by atoms with E-state index in [0.29, 0.717) is 26.3 Å². The van der Waals surface area contributed by atoms with Crippen LogP contribution in [0.15, 0.2) is 72.9 Å². The maximum Gasteiger partial charge on any atom is 0.254 e. The average molecular weight is 368 g/mol. The van der Waals surface area contributed by atoms with E-state index in [1.54, 1.807) is 0 Å². The van der Waals surface area contributed by atoms with Gasteiger partial charge in [-0.15, -0.1) is 0 Å². The lowest BCUT2D eigenvalue weighted by molar-refractivity contribution is 0.0303. The van der Waals surface area contributed by atoms with Crippen LogP contribution in [-0.2, 0) is 4.74 Å². The Morgan fingerprint density at radius 3 is 2.46 bits per heavy atom. The molecule has 0 unspecified atom stereocenters. The molecule has 0 radical (unpaired) electrons. The van der Waals surface area contributed by atoms with Crippen molar-refractivity contribution in [1.82, 2.24) is 9.88 Å². The highest BCUT2D eigenvalue weighted by molar-refractivity contribution is 6.06. The van der Waals surface area contributed by atoms with E-state index in [2.05, 4.69) is 47.4 Å². The number of morpholine rings is 1. The van der Waals surface area contributed by atoms with Crippen LogP contribution >= 0.6 is 0 Å². The molecular formula is C24H20N2O2. The number of nitrogens with zero attached hydrogens (tertiary/aromatic N) is 2. The summed E-state index contributed by atoms with van der Waals surface area (Å²) in [5.41, 5.74) is 3.96. The minimum Gasteiger partial charge on any atom is -0.378 e. The van der Waals surface area contributed by atoms with Gasteiger partial charge in [-0.1, -0.05) is 48.5 Å².